The molecule has 3 rings (SSSR count). The van der Waals surface area contributed by atoms with Gasteiger partial charge >= 0.3 is 0 Å². The fraction of sp³-hybridized carbons (Fsp3) is 0.824. The molecule has 3 nitrogen and oxygen atoms in total. The minimum Gasteiger partial charge on any atom is -0.331 e. The summed E-state index contributed by atoms with van der Waals surface area (Å²) in [5.74, 6) is 0.903. The molecule has 112 valence electrons. The van der Waals surface area contributed by atoms with Crippen LogP contribution in [-0.2, 0) is 6.54 Å². The minimum atomic E-state index is 0.459. The van der Waals surface area contributed by atoms with Crippen LogP contribution in [0.4, 0.5) is 0 Å². The van der Waals surface area contributed by atoms with Crippen LogP contribution in [0.2, 0.25) is 0 Å². The first-order chi connectivity index (χ1) is 9.36. The van der Waals surface area contributed by atoms with E-state index in [2.05, 4.69) is 49.5 Å². The Morgan fingerprint density at radius 3 is 2.70 bits per heavy atom. The average Bonchev–Trinajstić information content (AvgIpc) is 2.98. The predicted molar refractivity (Wildman–Crippen MR) is 82.5 cm³/mol. The summed E-state index contributed by atoms with van der Waals surface area (Å²) < 4.78 is 2.27. The van der Waals surface area contributed by atoms with E-state index in [9.17, 15) is 0 Å². The van der Waals surface area contributed by atoms with Crippen molar-refractivity contribution < 1.29 is 0 Å². The molecule has 3 atom stereocenters. The summed E-state index contributed by atoms with van der Waals surface area (Å²) in [5, 5.41) is 3.85. The molecule has 0 amide bonds. The number of hydrogen-bond donors (Lipinski definition) is 1. The van der Waals surface area contributed by atoms with E-state index in [4.69, 9.17) is 0 Å². The van der Waals surface area contributed by atoms with Gasteiger partial charge in [0, 0.05) is 24.8 Å². The number of imidazole rings is 1. The molecule has 2 aliphatic carbocycles. The van der Waals surface area contributed by atoms with Gasteiger partial charge in [0.25, 0.3) is 0 Å². The standard InChI is InChI=1S/C17H29N3/c1-12(2)20-11-18-9-14(20)10-19-15-8-13-6-7-17(15,5)16(13,3)4/h9,11-13,15,19H,6-8,10H2,1-5H3. The lowest BCUT2D eigenvalue weighted by molar-refractivity contribution is 0.120. The van der Waals surface area contributed by atoms with Crippen LogP contribution in [0.1, 0.15) is 65.6 Å². The largest absolute Gasteiger partial charge is 0.331 e. The lowest BCUT2D eigenvalue weighted by atomic mass is 9.69. The summed E-state index contributed by atoms with van der Waals surface area (Å²) in [5.41, 5.74) is 2.26. The van der Waals surface area contributed by atoms with Gasteiger partial charge in [-0.2, -0.15) is 0 Å². The maximum Gasteiger partial charge on any atom is 0.0951 e. The highest BCUT2D eigenvalue weighted by Crippen LogP contribution is 2.65. The Hall–Kier alpha value is -0.830. The molecule has 0 saturated heterocycles. The van der Waals surface area contributed by atoms with Crippen molar-refractivity contribution in [2.75, 3.05) is 0 Å². The molecule has 3 unspecified atom stereocenters. The highest BCUT2D eigenvalue weighted by atomic mass is 15.1. The van der Waals surface area contributed by atoms with Gasteiger partial charge in [-0.1, -0.05) is 20.8 Å². The zero-order valence-corrected chi connectivity index (χ0v) is 13.6. The number of nitrogens with zero attached hydrogens (tertiary/aromatic N) is 2. The van der Waals surface area contributed by atoms with Crippen LogP contribution in [0.3, 0.4) is 0 Å². The van der Waals surface area contributed by atoms with Crippen LogP contribution in [-0.4, -0.2) is 15.6 Å². The van der Waals surface area contributed by atoms with Crippen molar-refractivity contribution in [1.29, 1.82) is 0 Å². The number of aromatic nitrogens is 2. The molecule has 1 aromatic heterocycles. The number of hydrogen-bond acceptors (Lipinski definition) is 2. The smallest absolute Gasteiger partial charge is 0.0951 e. The molecular weight excluding hydrogens is 246 g/mol. The first kappa shape index (κ1) is 14.1. The quantitative estimate of drug-likeness (QED) is 0.906. The number of fused-ring (bicyclic) bond motifs is 2. The molecule has 2 saturated carbocycles. The van der Waals surface area contributed by atoms with Crippen LogP contribution in [0.5, 0.6) is 0 Å². The maximum absolute atomic E-state index is 4.31. The number of rotatable bonds is 4. The van der Waals surface area contributed by atoms with Crippen LogP contribution < -0.4 is 5.32 Å². The lowest BCUT2D eigenvalue weighted by Gasteiger charge is -2.39. The van der Waals surface area contributed by atoms with Crippen molar-refractivity contribution in [3.05, 3.63) is 18.2 Å². The fourth-order valence-corrected chi connectivity index (χ4v) is 4.67. The van der Waals surface area contributed by atoms with Gasteiger partial charge in [-0.05, 0) is 49.9 Å². The Balaban J connectivity index is 1.70. The monoisotopic (exact) mass is 275 g/mol. The third kappa shape index (κ3) is 1.86. The third-order valence-corrected chi connectivity index (χ3v) is 6.63. The molecule has 0 radical (unpaired) electrons. The second-order valence-electron chi connectivity index (χ2n) is 7.93. The van der Waals surface area contributed by atoms with E-state index in [-0.39, 0.29) is 0 Å². The predicted octanol–water partition coefficient (Wildman–Crippen LogP) is 3.77. The summed E-state index contributed by atoms with van der Waals surface area (Å²) in [6, 6.07) is 1.15. The SMILES string of the molecule is CC(C)n1cncc1CNC1CC2CCC1(C)C2(C)C. The van der Waals surface area contributed by atoms with E-state index in [0.717, 1.165) is 12.5 Å². The Bertz CT molecular complexity index is 488. The van der Waals surface area contributed by atoms with Crippen molar-refractivity contribution in [3.8, 4) is 0 Å². The first-order valence-electron chi connectivity index (χ1n) is 8.10. The zero-order chi connectivity index (χ0) is 14.5. The molecule has 0 aromatic carbocycles. The highest BCUT2D eigenvalue weighted by Gasteiger charge is 2.60. The second kappa shape index (κ2) is 4.59. The van der Waals surface area contributed by atoms with Gasteiger partial charge in [-0.25, -0.2) is 4.98 Å². The summed E-state index contributed by atoms with van der Waals surface area (Å²) in [7, 11) is 0. The van der Waals surface area contributed by atoms with Crippen LogP contribution in [0.25, 0.3) is 0 Å². The van der Waals surface area contributed by atoms with E-state index in [1.807, 2.05) is 12.5 Å². The molecule has 2 aliphatic rings. The first-order valence-corrected chi connectivity index (χ1v) is 8.10. The van der Waals surface area contributed by atoms with Gasteiger partial charge < -0.3 is 9.88 Å². The van der Waals surface area contributed by atoms with Gasteiger partial charge in [0.15, 0.2) is 0 Å². The Morgan fingerprint density at radius 2 is 2.15 bits per heavy atom. The molecular formula is C17H29N3. The Labute approximate surface area is 123 Å². The zero-order valence-electron chi connectivity index (χ0n) is 13.6. The van der Waals surface area contributed by atoms with Crippen LogP contribution in [0, 0.1) is 16.7 Å². The minimum absolute atomic E-state index is 0.459. The van der Waals surface area contributed by atoms with E-state index >= 15 is 0 Å². The topological polar surface area (TPSA) is 29.9 Å². The van der Waals surface area contributed by atoms with Crippen LogP contribution >= 0.6 is 0 Å². The second-order valence-corrected chi connectivity index (χ2v) is 7.93. The van der Waals surface area contributed by atoms with E-state index < -0.39 is 0 Å². The molecule has 1 aromatic rings. The lowest BCUT2D eigenvalue weighted by Crippen LogP contribution is -2.44. The molecule has 2 fully saturated rings. The van der Waals surface area contributed by atoms with Crippen molar-refractivity contribution in [3.63, 3.8) is 0 Å². The fourth-order valence-electron chi connectivity index (χ4n) is 4.67. The van der Waals surface area contributed by atoms with Gasteiger partial charge in [0.1, 0.15) is 0 Å². The van der Waals surface area contributed by atoms with Gasteiger partial charge in [0.05, 0.1) is 12.0 Å². The van der Waals surface area contributed by atoms with Crippen molar-refractivity contribution in [1.82, 2.24) is 14.9 Å². The van der Waals surface area contributed by atoms with Crippen molar-refractivity contribution >= 4 is 0 Å². The maximum atomic E-state index is 4.31. The van der Waals surface area contributed by atoms with Gasteiger partial charge in [-0.15, -0.1) is 0 Å². The Morgan fingerprint density at radius 1 is 1.40 bits per heavy atom. The molecule has 0 aliphatic heterocycles. The Kier molecular flexibility index (Phi) is 3.24. The normalized spacial score (nSPS) is 35.1. The molecule has 1 N–H and O–H groups in total. The van der Waals surface area contributed by atoms with E-state index in [1.165, 1.54) is 25.0 Å². The third-order valence-electron chi connectivity index (χ3n) is 6.63. The molecule has 3 heteroatoms. The van der Waals surface area contributed by atoms with Crippen LogP contribution in [0.15, 0.2) is 12.5 Å². The summed E-state index contributed by atoms with van der Waals surface area (Å²) in [6.07, 6.45) is 8.11. The molecule has 2 bridgehead atoms. The molecule has 0 spiro atoms. The summed E-state index contributed by atoms with van der Waals surface area (Å²) >= 11 is 0. The molecule has 1 heterocycles. The summed E-state index contributed by atoms with van der Waals surface area (Å²) in [4.78, 5) is 4.31. The van der Waals surface area contributed by atoms with Gasteiger partial charge in [0.2, 0.25) is 0 Å². The van der Waals surface area contributed by atoms with Gasteiger partial charge in [-0.3, -0.25) is 0 Å². The summed E-state index contributed by atoms with van der Waals surface area (Å²) in [6.45, 7) is 12.8. The average molecular weight is 275 g/mol. The van der Waals surface area contributed by atoms with Crippen molar-refractivity contribution in [2.24, 2.45) is 16.7 Å². The number of nitrogens with one attached hydrogen (secondary N) is 1. The van der Waals surface area contributed by atoms with E-state index in [1.54, 1.807) is 0 Å². The highest BCUT2D eigenvalue weighted by molar-refractivity contribution is 5.13. The van der Waals surface area contributed by atoms with Crippen molar-refractivity contribution in [2.45, 2.75) is 72.5 Å². The van der Waals surface area contributed by atoms with E-state index in [0.29, 0.717) is 22.9 Å². The molecule has 20 heavy (non-hydrogen) atoms.